The van der Waals surface area contributed by atoms with E-state index in [9.17, 15) is 9.59 Å². The summed E-state index contributed by atoms with van der Waals surface area (Å²) in [5.41, 5.74) is 1.91. The number of methoxy groups -OCH3 is 1. The molecule has 3 aromatic rings. The quantitative estimate of drug-likeness (QED) is 0.527. The highest BCUT2D eigenvalue weighted by Gasteiger charge is 2.43. The molecule has 34 heavy (non-hydrogen) atoms. The Morgan fingerprint density at radius 1 is 1.00 bits per heavy atom. The van der Waals surface area contributed by atoms with Crippen molar-refractivity contribution in [3.8, 4) is 5.75 Å². The van der Waals surface area contributed by atoms with Gasteiger partial charge in [0.15, 0.2) is 0 Å². The molecule has 0 bridgehead atoms. The van der Waals surface area contributed by atoms with Crippen LogP contribution in [-0.4, -0.2) is 71.1 Å². The van der Waals surface area contributed by atoms with Crippen LogP contribution in [0.15, 0.2) is 53.7 Å². The maximum atomic E-state index is 13.3. The van der Waals surface area contributed by atoms with Gasteiger partial charge in [0.25, 0.3) is 11.8 Å². The number of likely N-dealkylation sites (tertiary alicyclic amines) is 2. The first-order chi connectivity index (χ1) is 16.5. The smallest absolute Gasteiger partial charge is 0.272 e. The number of amides is 2. The maximum absolute atomic E-state index is 13.3. The van der Waals surface area contributed by atoms with Gasteiger partial charge in [0.2, 0.25) is 0 Å². The highest BCUT2D eigenvalue weighted by atomic mass is 32.2. The van der Waals surface area contributed by atoms with Gasteiger partial charge in [-0.3, -0.25) is 9.59 Å². The van der Waals surface area contributed by atoms with Crippen LogP contribution in [0.5, 0.6) is 5.75 Å². The molecule has 0 N–H and O–H groups in total. The second-order valence-corrected chi connectivity index (χ2v) is 9.85. The fourth-order valence-corrected chi connectivity index (χ4v) is 5.71. The first kappa shape index (κ1) is 22.7. The van der Waals surface area contributed by atoms with Crippen LogP contribution in [0.2, 0.25) is 0 Å². The van der Waals surface area contributed by atoms with Crippen molar-refractivity contribution in [2.75, 3.05) is 39.5 Å². The third-order valence-electron chi connectivity index (χ3n) is 7.15. The molecule has 7 nitrogen and oxygen atoms in total. The maximum Gasteiger partial charge on any atom is 0.272 e. The molecule has 1 spiro atoms. The van der Waals surface area contributed by atoms with Crippen LogP contribution >= 0.6 is 11.8 Å². The van der Waals surface area contributed by atoms with E-state index in [1.54, 1.807) is 19.4 Å². The Morgan fingerprint density at radius 2 is 1.74 bits per heavy atom. The summed E-state index contributed by atoms with van der Waals surface area (Å²) in [5, 5.41) is 1.67. The van der Waals surface area contributed by atoms with E-state index in [0.29, 0.717) is 43.2 Å². The van der Waals surface area contributed by atoms with Gasteiger partial charge < -0.3 is 14.5 Å². The van der Waals surface area contributed by atoms with E-state index in [0.717, 1.165) is 35.2 Å². The first-order valence-corrected chi connectivity index (χ1v) is 12.8. The van der Waals surface area contributed by atoms with E-state index in [2.05, 4.69) is 9.97 Å². The number of carbonyl (C=O) groups excluding carboxylic acids is 2. The number of ether oxygens (including phenoxy) is 1. The second-order valence-electron chi connectivity index (χ2n) is 9.06. The van der Waals surface area contributed by atoms with Gasteiger partial charge in [-0.15, -0.1) is 11.8 Å². The third-order valence-corrected chi connectivity index (χ3v) is 7.86. The summed E-state index contributed by atoms with van der Waals surface area (Å²) in [4.78, 5) is 39.2. The molecule has 4 heterocycles. The molecule has 0 unspecified atom stereocenters. The molecule has 2 aliphatic heterocycles. The van der Waals surface area contributed by atoms with Gasteiger partial charge >= 0.3 is 0 Å². The number of aromatic nitrogens is 2. The molecule has 2 saturated heterocycles. The monoisotopic (exact) mass is 476 g/mol. The SMILES string of the molecule is COc1cc(C(=O)N2CCC3(CCN(C(=O)c4cccnc4SC)CC3)C2)nc2ccccc12. The molecule has 1 aromatic carbocycles. The minimum atomic E-state index is -0.0561. The van der Waals surface area contributed by atoms with E-state index in [1.165, 1.54) is 11.8 Å². The number of benzene rings is 1. The lowest BCUT2D eigenvalue weighted by atomic mass is 9.77. The number of fused-ring (bicyclic) bond motifs is 1. The number of thioether (sulfide) groups is 1. The fraction of sp³-hybridized carbons (Fsp3) is 0.385. The lowest BCUT2D eigenvalue weighted by molar-refractivity contribution is 0.0561. The minimum absolute atomic E-state index is 0.0469. The van der Waals surface area contributed by atoms with Gasteiger partial charge in [-0.05, 0) is 55.2 Å². The van der Waals surface area contributed by atoms with Crippen LogP contribution in [-0.2, 0) is 0 Å². The van der Waals surface area contributed by atoms with Crippen LogP contribution in [0.4, 0.5) is 0 Å². The van der Waals surface area contributed by atoms with Crippen LogP contribution < -0.4 is 4.74 Å². The number of para-hydroxylation sites is 1. The largest absolute Gasteiger partial charge is 0.496 e. The van der Waals surface area contributed by atoms with Gasteiger partial charge in [0.1, 0.15) is 16.5 Å². The van der Waals surface area contributed by atoms with Crippen LogP contribution in [0.3, 0.4) is 0 Å². The molecular formula is C26H28N4O3S. The Kier molecular flexibility index (Phi) is 6.16. The van der Waals surface area contributed by atoms with E-state index < -0.39 is 0 Å². The zero-order valence-corrected chi connectivity index (χ0v) is 20.3. The number of piperidine rings is 1. The van der Waals surface area contributed by atoms with Crippen molar-refractivity contribution >= 4 is 34.5 Å². The molecule has 2 fully saturated rings. The average Bonchev–Trinajstić information content (AvgIpc) is 3.30. The highest BCUT2D eigenvalue weighted by molar-refractivity contribution is 7.98. The number of hydrogen-bond acceptors (Lipinski definition) is 6. The molecular weight excluding hydrogens is 448 g/mol. The summed E-state index contributed by atoms with van der Waals surface area (Å²) >= 11 is 1.49. The standard InChI is InChI=1S/C26H28N4O3S/c1-33-22-16-21(28-20-8-4-3-6-18(20)22)25(32)30-15-11-26(17-30)9-13-29(14-10-26)24(31)19-7-5-12-27-23(19)34-2/h3-8,12,16H,9-11,13-15,17H2,1-2H3. The Labute approximate surface area is 203 Å². The van der Waals surface area contributed by atoms with Crippen LogP contribution in [0, 0.1) is 5.41 Å². The number of nitrogens with zero attached hydrogens (tertiary/aromatic N) is 4. The first-order valence-electron chi connectivity index (χ1n) is 11.5. The Hall–Kier alpha value is -3.13. The Morgan fingerprint density at radius 3 is 2.47 bits per heavy atom. The van der Waals surface area contributed by atoms with Gasteiger partial charge in [0.05, 0.1) is 18.2 Å². The summed E-state index contributed by atoms with van der Waals surface area (Å²) in [7, 11) is 1.61. The van der Waals surface area contributed by atoms with Crippen molar-refractivity contribution in [1.29, 1.82) is 0 Å². The van der Waals surface area contributed by atoms with Gasteiger partial charge in [0, 0.05) is 43.8 Å². The molecule has 2 aliphatic rings. The zero-order valence-electron chi connectivity index (χ0n) is 19.5. The molecule has 176 valence electrons. The predicted octanol–water partition coefficient (Wildman–Crippen LogP) is 4.13. The molecule has 5 rings (SSSR count). The van der Waals surface area contributed by atoms with E-state index in [-0.39, 0.29) is 17.2 Å². The van der Waals surface area contributed by atoms with Crippen molar-refractivity contribution in [2.24, 2.45) is 5.41 Å². The fourth-order valence-electron chi connectivity index (χ4n) is 5.17. The van der Waals surface area contributed by atoms with Crippen molar-refractivity contribution < 1.29 is 14.3 Å². The Bertz CT molecular complexity index is 1240. The molecule has 2 aromatic heterocycles. The number of hydrogen-bond donors (Lipinski definition) is 0. The zero-order chi connectivity index (χ0) is 23.7. The lowest BCUT2D eigenvalue weighted by Crippen LogP contribution is -2.44. The molecule has 0 aliphatic carbocycles. The van der Waals surface area contributed by atoms with E-state index in [4.69, 9.17) is 4.74 Å². The van der Waals surface area contributed by atoms with Crippen LogP contribution in [0.25, 0.3) is 10.9 Å². The average molecular weight is 477 g/mol. The summed E-state index contributed by atoms with van der Waals surface area (Å²) in [5.74, 6) is 0.653. The van der Waals surface area contributed by atoms with Gasteiger partial charge in [-0.2, -0.15) is 0 Å². The lowest BCUT2D eigenvalue weighted by Gasteiger charge is -2.39. The van der Waals surface area contributed by atoms with E-state index in [1.807, 2.05) is 52.5 Å². The van der Waals surface area contributed by atoms with Crippen molar-refractivity contribution in [3.05, 3.63) is 59.9 Å². The second kappa shape index (κ2) is 9.25. The van der Waals surface area contributed by atoms with Gasteiger partial charge in [-0.25, -0.2) is 9.97 Å². The molecule has 0 saturated carbocycles. The summed E-state index contributed by atoms with van der Waals surface area (Å²) in [6, 6.07) is 13.1. The summed E-state index contributed by atoms with van der Waals surface area (Å²) in [6.07, 6.45) is 6.40. The Balaban J connectivity index is 1.27. The van der Waals surface area contributed by atoms with Crippen molar-refractivity contribution in [2.45, 2.75) is 24.3 Å². The highest BCUT2D eigenvalue weighted by Crippen LogP contribution is 2.41. The molecule has 0 atom stereocenters. The predicted molar refractivity (Wildman–Crippen MR) is 132 cm³/mol. The van der Waals surface area contributed by atoms with E-state index >= 15 is 0 Å². The summed E-state index contributed by atoms with van der Waals surface area (Å²) < 4.78 is 5.52. The molecule has 8 heteroatoms. The summed E-state index contributed by atoms with van der Waals surface area (Å²) in [6.45, 7) is 2.81. The molecule has 2 amide bonds. The van der Waals surface area contributed by atoms with Crippen LogP contribution in [0.1, 0.15) is 40.1 Å². The van der Waals surface area contributed by atoms with Crippen molar-refractivity contribution in [3.63, 3.8) is 0 Å². The van der Waals surface area contributed by atoms with Crippen molar-refractivity contribution in [1.82, 2.24) is 19.8 Å². The number of carbonyl (C=O) groups is 2. The molecule has 0 radical (unpaired) electrons. The normalized spacial score (nSPS) is 17.4. The van der Waals surface area contributed by atoms with Gasteiger partial charge in [-0.1, -0.05) is 12.1 Å². The minimum Gasteiger partial charge on any atom is -0.496 e. The third kappa shape index (κ3) is 4.11. The number of rotatable bonds is 4. The topological polar surface area (TPSA) is 75.6 Å². The number of pyridine rings is 2.